The molecule has 0 aromatic heterocycles. The van der Waals surface area contributed by atoms with Crippen LogP contribution >= 0.6 is 0 Å². The van der Waals surface area contributed by atoms with Crippen molar-refractivity contribution in [1.29, 1.82) is 0 Å². The number of anilines is 1. The SMILES string of the molecule is CCc1cccc(CC)c1N(O)O. The van der Waals surface area contributed by atoms with Crippen LogP contribution in [0.3, 0.4) is 0 Å². The van der Waals surface area contributed by atoms with Gasteiger partial charge in [-0.25, -0.2) is 0 Å². The van der Waals surface area contributed by atoms with Crippen LogP contribution in [0, 0.1) is 0 Å². The molecular weight excluding hydrogens is 166 g/mol. The Morgan fingerprint density at radius 1 is 1.08 bits per heavy atom. The minimum atomic E-state index is 0.220. The largest absolute Gasteiger partial charge is 0.264 e. The lowest BCUT2D eigenvalue weighted by Crippen LogP contribution is -2.15. The zero-order valence-corrected chi connectivity index (χ0v) is 7.99. The monoisotopic (exact) mass is 181 g/mol. The van der Waals surface area contributed by atoms with Gasteiger partial charge in [0, 0.05) is 0 Å². The molecule has 3 heteroatoms. The second-order valence-corrected chi connectivity index (χ2v) is 2.92. The maximum atomic E-state index is 9.04. The Kier molecular flexibility index (Phi) is 3.28. The van der Waals surface area contributed by atoms with Gasteiger partial charge in [-0.3, -0.25) is 10.4 Å². The minimum absolute atomic E-state index is 0.220. The Labute approximate surface area is 78.1 Å². The van der Waals surface area contributed by atoms with Crippen molar-refractivity contribution < 1.29 is 10.4 Å². The third kappa shape index (κ3) is 1.99. The molecule has 13 heavy (non-hydrogen) atoms. The predicted molar refractivity (Wildman–Crippen MR) is 51.3 cm³/mol. The fourth-order valence-corrected chi connectivity index (χ4v) is 1.47. The van der Waals surface area contributed by atoms with Gasteiger partial charge in [0.15, 0.2) is 0 Å². The zero-order chi connectivity index (χ0) is 9.84. The predicted octanol–water partition coefficient (Wildman–Crippen LogP) is 2.40. The number of hydrogen-bond acceptors (Lipinski definition) is 3. The van der Waals surface area contributed by atoms with E-state index in [1.165, 1.54) is 0 Å². The van der Waals surface area contributed by atoms with E-state index in [4.69, 9.17) is 10.4 Å². The van der Waals surface area contributed by atoms with Crippen molar-refractivity contribution in [2.75, 3.05) is 5.23 Å². The van der Waals surface area contributed by atoms with Crippen molar-refractivity contribution >= 4 is 5.69 Å². The topological polar surface area (TPSA) is 43.7 Å². The number of hydrogen-bond donors (Lipinski definition) is 2. The molecule has 0 fully saturated rings. The summed E-state index contributed by atoms with van der Waals surface area (Å²) in [5.74, 6) is 0. The summed E-state index contributed by atoms with van der Waals surface area (Å²) in [5.41, 5.74) is 2.42. The first-order chi connectivity index (χ1) is 6.20. The Morgan fingerprint density at radius 2 is 1.54 bits per heavy atom. The van der Waals surface area contributed by atoms with Gasteiger partial charge in [0.25, 0.3) is 0 Å². The van der Waals surface area contributed by atoms with E-state index in [9.17, 15) is 0 Å². The van der Waals surface area contributed by atoms with Gasteiger partial charge >= 0.3 is 0 Å². The van der Waals surface area contributed by atoms with Crippen LogP contribution in [-0.4, -0.2) is 10.4 Å². The molecule has 2 N–H and O–H groups in total. The summed E-state index contributed by atoms with van der Waals surface area (Å²) >= 11 is 0. The quantitative estimate of drug-likeness (QED) is 0.704. The summed E-state index contributed by atoms with van der Waals surface area (Å²) in [5, 5.41) is 18.3. The molecule has 1 aromatic rings. The van der Waals surface area contributed by atoms with Crippen LogP contribution < -0.4 is 5.23 Å². The van der Waals surface area contributed by atoms with Gasteiger partial charge < -0.3 is 0 Å². The highest BCUT2D eigenvalue weighted by molar-refractivity contribution is 5.56. The fraction of sp³-hybridized carbons (Fsp3) is 0.400. The van der Waals surface area contributed by atoms with E-state index in [0.717, 1.165) is 24.0 Å². The summed E-state index contributed by atoms with van der Waals surface area (Å²) in [4.78, 5) is 0. The van der Waals surface area contributed by atoms with Gasteiger partial charge in [-0.1, -0.05) is 32.0 Å². The molecule has 0 heterocycles. The van der Waals surface area contributed by atoms with Crippen molar-refractivity contribution in [3.8, 4) is 0 Å². The van der Waals surface area contributed by atoms with Crippen molar-refractivity contribution in [3.63, 3.8) is 0 Å². The van der Waals surface area contributed by atoms with E-state index in [2.05, 4.69) is 0 Å². The Morgan fingerprint density at radius 3 is 1.85 bits per heavy atom. The molecule has 0 aliphatic carbocycles. The molecule has 0 saturated heterocycles. The van der Waals surface area contributed by atoms with Crippen LogP contribution in [0.25, 0.3) is 0 Å². The van der Waals surface area contributed by atoms with Crippen LogP contribution in [-0.2, 0) is 12.8 Å². The molecule has 0 bridgehead atoms. The zero-order valence-electron chi connectivity index (χ0n) is 7.99. The molecule has 1 rings (SSSR count). The molecule has 72 valence electrons. The smallest absolute Gasteiger partial charge is 0.101 e. The van der Waals surface area contributed by atoms with E-state index in [0.29, 0.717) is 5.69 Å². The van der Waals surface area contributed by atoms with E-state index < -0.39 is 0 Å². The van der Waals surface area contributed by atoms with Crippen molar-refractivity contribution in [1.82, 2.24) is 0 Å². The summed E-state index contributed by atoms with van der Waals surface area (Å²) in [6.07, 6.45) is 1.58. The lowest BCUT2D eigenvalue weighted by molar-refractivity contribution is 0.0282. The minimum Gasteiger partial charge on any atom is -0.264 e. The lowest BCUT2D eigenvalue weighted by atomic mass is 10.0. The van der Waals surface area contributed by atoms with Gasteiger partial charge in [-0.2, -0.15) is 0 Å². The Hall–Kier alpha value is -1.06. The molecule has 0 atom stereocenters. The van der Waals surface area contributed by atoms with Gasteiger partial charge in [-0.15, -0.1) is 5.23 Å². The van der Waals surface area contributed by atoms with E-state index >= 15 is 0 Å². The third-order valence-electron chi connectivity index (χ3n) is 2.16. The Balaban J connectivity index is 3.21. The second-order valence-electron chi connectivity index (χ2n) is 2.92. The first kappa shape index (κ1) is 10.0. The van der Waals surface area contributed by atoms with E-state index in [-0.39, 0.29) is 5.23 Å². The van der Waals surface area contributed by atoms with Crippen LogP contribution in [0.15, 0.2) is 18.2 Å². The molecule has 1 aromatic carbocycles. The molecule has 0 amide bonds. The van der Waals surface area contributed by atoms with Crippen LogP contribution in [0.4, 0.5) is 5.69 Å². The highest BCUT2D eigenvalue weighted by Gasteiger charge is 2.09. The fourth-order valence-electron chi connectivity index (χ4n) is 1.47. The van der Waals surface area contributed by atoms with E-state index in [1.807, 2.05) is 32.0 Å². The molecule has 0 spiro atoms. The average molecular weight is 181 g/mol. The van der Waals surface area contributed by atoms with E-state index in [1.54, 1.807) is 0 Å². The summed E-state index contributed by atoms with van der Waals surface area (Å²) < 4.78 is 0. The lowest BCUT2D eigenvalue weighted by Gasteiger charge is -2.16. The maximum absolute atomic E-state index is 9.04. The van der Waals surface area contributed by atoms with Crippen molar-refractivity contribution in [3.05, 3.63) is 29.3 Å². The molecular formula is C10H15NO2. The van der Waals surface area contributed by atoms with Gasteiger partial charge in [0.1, 0.15) is 5.69 Å². The highest BCUT2D eigenvalue weighted by Crippen LogP contribution is 2.24. The normalized spacial score (nSPS) is 10.2. The third-order valence-corrected chi connectivity index (χ3v) is 2.16. The first-order valence-electron chi connectivity index (χ1n) is 4.49. The number of benzene rings is 1. The molecule has 0 saturated carbocycles. The van der Waals surface area contributed by atoms with Crippen LogP contribution in [0.2, 0.25) is 0 Å². The van der Waals surface area contributed by atoms with Gasteiger partial charge in [-0.05, 0) is 24.0 Å². The summed E-state index contributed by atoms with van der Waals surface area (Å²) in [6.45, 7) is 3.98. The number of nitrogens with zero attached hydrogens (tertiary/aromatic N) is 1. The molecule has 3 nitrogen and oxygen atoms in total. The highest BCUT2D eigenvalue weighted by atomic mass is 16.8. The van der Waals surface area contributed by atoms with Crippen LogP contribution in [0.1, 0.15) is 25.0 Å². The van der Waals surface area contributed by atoms with Crippen molar-refractivity contribution in [2.24, 2.45) is 0 Å². The maximum Gasteiger partial charge on any atom is 0.101 e. The van der Waals surface area contributed by atoms with Gasteiger partial charge in [0.05, 0.1) is 0 Å². The standard InChI is InChI=1S/C10H15NO2/c1-3-8-6-5-7-9(4-2)10(8)11(12)13/h5-7,12-13H,3-4H2,1-2H3. The summed E-state index contributed by atoms with van der Waals surface area (Å²) in [7, 11) is 0. The number of aryl methyl sites for hydroxylation is 2. The van der Waals surface area contributed by atoms with Crippen LogP contribution in [0.5, 0.6) is 0 Å². The average Bonchev–Trinajstić information content (AvgIpc) is 2.16. The Bertz CT molecular complexity index is 262. The van der Waals surface area contributed by atoms with Crippen molar-refractivity contribution in [2.45, 2.75) is 26.7 Å². The molecule has 0 aliphatic rings. The molecule has 0 unspecified atom stereocenters. The second kappa shape index (κ2) is 4.25. The first-order valence-corrected chi connectivity index (χ1v) is 4.49. The molecule has 0 aliphatic heterocycles. The molecule has 0 radical (unpaired) electrons. The summed E-state index contributed by atoms with van der Waals surface area (Å²) in [6, 6.07) is 5.73. The number of rotatable bonds is 3. The van der Waals surface area contributed by atoms with Gasteiger partial charge in [0.2, 0.25) is 0 Å². The number of para-hydroxylation sites is 1.